The van der Waals surface area contributed by atoms with Gasteiger partial charge in [-0.1, -0.05) is 60.3 Å². The van der Waals surface area contributed by atoms with Crippen molar-refractivity contribution in [3.05, 3.63) is 87.9 Å². The number of hydrogen-bond acceptors (Lipinski definition) is 5. The standard InChI is InChI=1S/C30H35Cl2N3O4S2/c1-5-6-17-33-30(37)22(3)34(19-23-9-16-27(31)28(32)18-23)29(36)20-35(24-10-7-21(2)8-11-24)41(38,39)26-14-12-25(40-4)13-15-26/h7-16,18,22H,5-6,17,19-20H2,1-4H3,(H,33,37)/t22-/m0/s1. The van der Waals surface area contributed by atoms with Gasteiger partial charge >= 0.3 is 0 Å². The molecule has 3 aromatic rings. The molecule has 0 spiro atoms. The summed E-state index contributed by atoms with van der Waals surface area (Å²) in [6.45, 7) is 5.54. The number of halogens is 2. The fraction of sp³-hybridized carbons (Fsp3) is 0.333. The van der Waals surface area contributed by atoms with Crippen molar-refractivity contribution in [1.82, 2.24) is 10.2 Å². The van der Waals surface area contributed by atoms with Gasteiger partial charge in [0.15, 0.2) is 0 Å². The van der Waals surface area contributed by atoms with E-state index in [-0.39, 0.29) is 17.3 Å². The number of carbonyl (C=O) groups excluding carboxylic acids is 2. The Labute approximate surface area is 257 Å². The molecular weight excluding hydrogens is 601 g/mol. The Kier molecular flexibility index (Phi) is 12.0. The van der Waals surface area contributed by atoms with Crippen LogP contribution in [0.15, 0.2) is 76.5 Å². The molecule has 3 aromatic carbocycles. The van der Waals surface area contributed by atoms with Crippen LogP contribution < -0.4 is 9.62 Å². The molecule has 0 unspecified atom stereocenters. The number of rotatable bonds is 13. The molecule has 0 aromatic heterocycles. The summed E-state index contributed by atoms with van der Waals surface area (Å²) in [6.07, 6.45) is 3.61. The lowest BCUT2D eigenvalue weighted by Gasteiger charge is -2.32. The van der Waals surface area contributed by atoms with Crippen molar-refractivity contribution < 1.29 is 18.0 Å². The smallest absolute Gasteiger partial charge is 0.264 e. The lowest BCUT2D eigenvalue weighted by molar-refractivity contribution is -0.139. The minimum atomic E-state index is -4.13. The molecule has 0 radical (unpaired) electrons. The van der Waals surface area contributed by atoms with Gasteiger partial charge in [-0.25, -0.2) is 8.42 Å². The largest absolute Gasteiger partial charge is 0.354 e. The maximum atomic E-state index is 14.0. The van der Waals surface area contributed by atoms with Gasteiger partial charge in [-0.15, -0.1) is 11.8 Å². The molecule has 1 atom stereocenters. The zero-order valence-electron chi connectivity index (χ0n) is 23.6. The second-order valence-electron chi connectivity index (χ2n) is 9.61. The number of benzene rings is 3. The van der Waals surface area contributed by atoms with Gasteiger partial charge in [0, 0.05) is 18.0 Å². The van der Waals surface area contributed by atoms with Crippen LogP contribution in [0, 0.1) is 6.92 Å². The summed E-state index contributed by atoms with van der Waals surface area (Å²) in [5.41, 5.74) is 1.94. The van der Waals surface area contributed by atoms with Crippen LogP contribution in [0.3, 0.4) is 0 Å². The molecule has 0 bridgehead atoms. The lowest BCUT2D eigenvalue weighted by atomic mass is 10.1. The summed E-state index contributed by atoms with van der Waals surface area (Å²) < 4.78 is 29.0. The monoisotopic (exact) mass is 635 g/mol. The number of unbranched alkanes of at least 4 members (excludes halogenated alkanes) is 1. The van der Waals surface area contributed by atoms with Gasteiger partial charge < -0.3 is 10.2 Å². The van der Waals surface area contributed by atoms with Crippen molar-refractivity contribution in [1.29, 1.82) is 0 Å². The van der Waals surface area contributed by atoms with Crippen molar-refractivity contribution in [2.45, 2.75) is 56.0 Å². The number of nitrogens with one attached hydrogen (secondary N) is 1. The quantitative estimate of drug-likeness (QED) is 0.170. The Morgan fingerprint density at radius 1 is 0.976 bits per heavy atom. The van der Waals surface area contributed by atoms with Crippen molar-refractivity contribution in [2.75, 3.05) is 23.7 Å². The second-order valence-corrected chi connectivity index (χ2v) is 13.2. The number of amides is 2. The maximum Gasteiger partial charge on any atom is 0.264 e. The van der Waals surface area contributed by atoms with Crippen LogP contribution in [-0.4, -0.2) is 50.5 Å². The molecule has 0 aliphatic heterocycles. The zero-order chi connectivity index (χ0) is 30.2. The van der Waals surface area contributed by atoms with E-state index in [1.807, 2.05) is 20.1 Å². The van der Waals surface area contributed by atoms with Crippen LogP contribution in [0.1, 0.15) is 37.8 Å². The zero-order valence-corrected chi connectivity index (χ0v) is 26.7. The summed E-state index contributed by atoms with van der Waals surface area (Å²) >= 11 is 13.8. The van der Waals surface area contributed by atoms with E-state index in [4.69, 9.17) is 23.2 Å². The average molecular weight is 637 g/mol. The number of anilines is 1. The van der Waals surface area contributed by atoms with Crippen LogP contribution >= 0.6 is 35.0 Å². The van der Waals surface area contributed by atoms with Gasteiger partial charge in [0.1, 0.15) is 12.6 Å². The Morgan fingerprint density at radius 2 is 1.63 bits per heavy atom. The van der Waals surface area contributed by atoms with Crippen molar-refractivity contribution in [3.63, 3.8) is 0 Å². The molecule has 41 heavy (non-hydrogen) atoms. The highest BCUT2D eigenvalue weighted by molar-refractivity contribution is 7.98. The Hall–Kier alpha value is -2.72. The highest BCUT2D eigenvalue weighted by atomic mass is 35.5. The second kappa shape index (κ2) is 15.0. The summed E-state index contributed by atoms with van der Waals surface area (Å²) in [5.74, 6) is -0.872. The highest BCUT2D eigenvalue weighted by Crippen LogP contribution is 2.27. The van der Waals surface area contributed by atoms with Gasteiger partial charge in [0.25, 0.3) is 10.0 Å². The number of thioether (sulfide) groups is 1. The lowest BCUT2D eigenvalue weighted by Crippen LogP contribution is -2.51. The highest BCUT2D eigenvalue weighted by Gasteiger charge is 2.32. The van der Waals surface area contributed by atoms with Gasteiger partial charge in [0.05, 0.1) is 20.6 Å². The van der Waals surface area contributed by atoms with Gasteiger partial charge in [-0.2, -0.15) is 0 Å². The van der Waals surface area contributed by atoms with Crippen molar-refractivity contribution >= 4 is 62.5 Å². The van der Waals surface area contributed by atoms with E-state index in [0.717, 1.165) is 27.6 Å². The summed E-state index contributed by atoms with van der Waals surface area (Å²) in [7, 11) is -4.13. The summed E-state index contributed by atoms with van der Waals surface area (Å²) in [5, 5.41) is 3.55. The molecular formula is C30H35Cl2N3O4S2. The topological polar surface area (TPSA) is 86.8 Å². The molecule has 3 rings (SSSR count). The van der Waals surface area contributed by atoms with Gasteiger partial charge in [-0.05, 0) is 80.6 Å². The third kappa shape index (κ3) is 8.64. The molecule has 0 saturated carbocycles. The van der Waals surface area contributed by atoms with E-state index in [2.05, 4.69) is 5.32 Å². The molecule has 0 fully saturated rings. The fourth-order valence-corrected chi connectivity index (χ4v) is 6.21. The molecule has 2 amide bonds. The first-order valence-corrected chi connectivity index (χ1v) is 16.6. The first-order valence-electron chi connectivity index (χ1n) is 13.2. The predicted molar refractivity (Wildman–Crippen MR) is 168 cm³/mol. The third-order valence-electron chi connectivity index (χ3n) is 6.58. The van der Waals surface area contributed by atoms with Crippen LogP contribution in [-0.2, 0) is 26.2 Å². The Balaban J connectivity index is 2.01. The van der Waals surface area contributed by atoms with Crippen LogP contribution in [0.2, 0.25) is 10.0 Å². The molecule has 7 nitrogen and oxygen atoms in total. The number of hydrogen-bond donors (Lipinski definition) is 1. The molecule has 0 heterocycles. The molecule has 11 heteroatoms. The van der Waals surface area contributed by atoms with Crippen LogP contribution in [0.4, 0.5) is 5.69 Å². The maximum absolute atomic E-state index is 14.0. The minimum Gasteiger partial charge on any atom is -0.354 e. The number of sulfonamides is 1. The fourth-order valence-electron chi connectivity index (χ4n) is 4.07. The van der Waals surface area contributed by atoms with E-state index < -0.39 is 28.5 Å². The molecule has 0 saturated heterocycles. The third-order valence-corrected chi connectivity index (χ3v) is 9.85. The van der Waals surface area contributed by atoms with Crippen LogP contribution in [0.25, 0.3) is 0 Å². The molecule has 1 N–H and O–H groups in total. The van der Waals surface area contributed by atoms with Crippen molar-refractivity contribution in [2.24, 2.45) is 0 Å². The molecule has 0 aliphatic rings. The summed E-state index contributed by atoms with van der Waals surface area (Å²) in [4.78, 5) is 29.4. The molecule has 0 aliphatic carbocycles. The van der Waals surface area contributed by atoms with E-state index in [0.29, 0.717) is 27.8 Å². The number of aryl methyl sites for hydroxylation is 1. The van der Waals surface area contributed by atoms with Gasteiger partial charge in [0.2, 0.25) is 11.8 Å². The minimum absolute atomic E-state index is 0.0301. The normalized spacial score (nSPS) is 12.0. The van der Waals surface area contributed by atoms with E-state index in [1.165, 1.54) is 28.8 Å². The van der Waals surface area contributed by atoms with Crippen LogP contribution in [0.5, 0.6) is 0 Å². The number of nitrogens with zero attached hydrogens (tertiary/aromatic N) is 2. The number of carbonyl (C=O) groups is 2. The Morgan fingerprint density at radius 3 is 2.22 bits per heavy atom. The first kappa shape index (κ1) is 32.8. The van der Waals surface area contributed by atoms with Crippen molar-refractivity contribution in [3.8, 4) is 0 Å². The Bertz CT molecular complexity index is 1450. The van der Waals surface area contributed by atoms with Gasteiger partial charge in [-0.3, -0.25) is 13.9 Å². The van der Waals surface area contributed by atoms with E-state index >= 15 is 0 Å². The predicted octanol–water partition coefficient (Wildman–Crippen LogP) is 6.55. The average Bonchev–Trinajstić information content (AvgIpc) is 2.96. The van der Waals surface area contributed by atoms with E-state index in [9.17, 15) is 18.0 Å². The SMILES string of the molecule is CCCCNC(=O)[C@H](C)N(Cc1ccc(Cl)c(Cl)c1)C(=O)CN(c1ccc(C)cc1)S(=O)(=O)c1ccc(SC)cc1. The molecule has 220 valence electrons. The van der Waals surface area contributed by atoms with E-state index in [1.54, 1.807) is 61.5 Å². The summed E-state index contributed by atoms with van der Waals surface area (Å²) in [6, 6.07) is 17.5. The first-order chi connectivity index (χ1) is 19.5.